The van der Waals surface area contributed by atoms with Gasteiger partial charge in [-0.3, -0.25) is 14.4 Å². The molecule has 0 aliphatic heterocycles. The standard InChI is InChI=1S/C19H25N3O5S/c1-12-8-15(13(2)22(12)6-5-7-26-3)16(23)11-28-19-20-14(9-17(24)21-19)10-18(25)27-4/h8-9H,5-7,10-11H2,1-4H3,(H,20,21,24). The number of Topliss-reactive ketones (excluding diaryl/α,β-unsaturated/α-hetero) is 1. The minimum absolute atomic E-state index is 0.0443. The molecule has 1 N–H and O–H groups in total. The van der Waals surface area contributed by atoms with Crippen LogP contribution in [-0.4, -0.2) is 52.9 Å². The Morgan fingerprint density at radius 3 is 2.68 bits per heavy atom. The SMILES string of the molecule is COCCCn1c(C)cc(C(=O)CSc2nc(CC(=O)OC)cc(=O)[nH]2)c1C. The van der Waals surface area contributed by atoms with Crippen molar-refractivity contribution in [2.45, 2.75) is 38.4 Å². The fourth-order valence-corrected chi connectivity index (χ4v) is 3.65. The fourth-order valence-electron chi connectivity index (χ4n) is 2.87. The van der Waals surface area contributed by atoms with Gasteiger partial charge in [0.2, 0.25) is 0 Å². The van der Waals surface area contributed by atoms with Crippen LogP contribution in [0, 0.1) is 13.8 Å². The Hall–Kier alpha value is -2.39. The number of ketones is 1. The summed E-state index contributed by atoms with van der Waals surface area (Å²) in [5, 5.41) is 0.300. The highest BCUT2D eigenvalue weighted by atomic mass is 32.2. The molecule has 2 aromatic heterocycles. The smallest absolute Gasteiger partial charge is 0.311 e. The van der Waals surface area contributed by atoms with E-state index in [1.165, 1.54) is 13.2 Å². The molecule has 0 aliphatic carbocycles. The second kappa shape index (κ2) is 10.2. The van der Waals surface area contributed by atoms with Crippen LogP contribution in [0.25, 0.3) is 0 Å². The van der Waals surface area contributed by atoms with Gasteiger partial charge >= 0.3 is 5.97 Å². The lowest BCUT2D eigenvalue weighted by Crippen LogP contribution is -2.14. The fraction of sp³-hybridized carbons (Fsp3) is 0.474. The average Bonchev–Trinajstić information content (AvgIpc) is 2.94. The highest BCUT2D eigenvalue weighted by molar-refractivity contribution is 7.99. The number of ether oxygens (including phenoxy) is 2. The molecule has 0 bridgehead atoms. The molecule has 0 saturated carbocycles. The molecule has 0 aromatic carbocycles. The Balaban J connectivity index is 2.07. The molecule has 28 heavy (non-hydrogen) atoms. The molecule has 0 fully saturated rings. The number of thioether (sulfide) groups is 1. The lowest BCUT2D eigenvalue weighted by Gasteiger charge is -2.09. The van der Waals surface area contributed by atoms with Gasteiger partial charge in [-0.1, -0.05) is 11.8 Å². The van der Waals surface area contributed by atoms with Gasteiger partial charge in [0.25, 0.3) is 5.56 Å². The first kappa shape index (κ1) is 21.9. The van der Waals surface area contributed by atoms with Crippen LogP contribution in [0.15, 0.2) is 22.1 Å². The third-order valence-corrected chi connectivity index (χ3v) is 5.14. The summed E-state index contributed by atoms with van der Waals surface area (Å²) in [6.07, 6.45) is 0.776. The summed E-state index contributed by atoms with van der Waals surface area (Å²) in [6, 6.07) is 3.13. The van der Waals surface area contributed by atoms with Crippen LogP contribution >= 0.6 is 11.8 Å². The van der Waals surface area contributed by atoms with Gasteiger partial charge in [0.15, 0.2) is 10.9 Å². The monoisotopic (exact) mass is 407 g/mol. The first-order chi connectivity index (χ1) is 13.3. The Labute approximate surface area is 167 Å². The maximum absolute atomic E-state index is 12.7. The van der Waals surface area contributed by atoms with Crippen LogP contribution in [0.3, 0.4) is 0 Å². The molecule has 0 aliphatic rings. The zero-order valence-corrected chi connectivity index (χ0v) is 17.4. The number of rotatable bonds is 10. The molecule has 2 heterocycles. The van der Waals surface area contributed by atoms with Crippen molar-refractivity contribution in [3.05, 3.63) is 45.1 Å². The van der Waals surface area contributed by atoms with Gasteiger partial charge < -0.3 is 19.0 Å². The summed E-state index contributed by atoms with van der Waals surface area (Å²) in [4.78, 5) is 42.6. The zero-order valence-electron chi connectivity index (χ0n) is 16.5. The van der Waals surface area contributed by atoms with Gasteiger partial charge in [-0.2, -0.15) is 0 Å². The number of H-pyrrole nitrogens is 1. The van der Waals surface area contributed by atoms with Gasteiger partial charge in [-0.25, -0.2) is 4.98 Å². The molecule has 0 spiro atoms. The Bertz CT molecular complexity index is 903. The highest BCUT2D eigenvalue weighted by Crippen LogP contribution is 2.20. The highest BCUT2D eigenvalue weighted by Gasteiger charge is 2.17. The summed E-state index contributed by atoms with van der Waals surface area (Å²) >= 11 is 1.13. The van der Waals surface area contributed by atoms with Crippen molar-refractivity contribution >= 4 is 23.5 Å². The number of hydrogen-bond acceptors (Lipinski definition) is 7. The van der Waals surface area contributed by atoms with Gasteiger partial charge in [-0.15, -0.1) is 0 Å². The summed E-state index contributed by atoms with van der Waals surface area (Å²) in [5.41, 5.74) is 2.53. The predicted molar refractivity (Wildman–Crippen MR) is 106 cm³/mol. The second-order valence-corrected chi connectivity index (χ2v) is 7.25. The molecule has 152 valence electrons. The van der Waals surface area contributed by atoms with E-state index in [1.807, 2.05) is 19.9 Å². The number of carbonyl (C=O) groups is 2. The Kier molecular flexibility index (Phi) is 8.01. The number of hydrogen-bond donors (Lipinski definition) is 1. The molecule has 0 saturated heterocycles. The third kappa shape index (κ3) is 5.80. The number of methoxy groups -OCH3 is 2. The van der Waals surface area contributed by atoms with E-state index in [0.29, 0.717) is 23.0 Å². The molecule has 0 unspecified atom stereocenters. The van der Waals surface area contributed by atoms with Crippen molar-refractivity contribution in [1.82, 2.24) is 14.5 Å². The number of nitrogens with one attached hydrogen (secondary N) is 1. The van der Waals surface area contributed by atoms with Crippen molar-refractivity contribution < 1.29 is 19.1 Å². The molecule has 9 heteroatoms. The normalized spacial score (nSPS) is 10.9. The first-order valence-corrected chi connectivity index (χ1v) is 9.83. The quantitative estimate of drug-likeness (QED) is 0.211. The Morgan fingerprint density at radius 2 is 2.00 bits per heavy atom. The lowest BCUT2D eigenvalue weighted by atomic mass is 10.2. The second-order valence-electron chi connectivity index (χ2n) is 6.29. The van der Waals surface area contributed by atoms with Crippen LogP contribution in [-0.2, 0) is 27.2 Å². The molecule has 0 radical (unpaired) electrons. The first-order valence-electron chi connectivity index (χ1n) is 8.84. The maximum atomic E-state index is 12.7. The van der Waals surface area contributed by atoms with Crippen molar-refractivity contribution in [1.29, 1.82) is 0 Å². The van der Waals surface area contributed by atoms with E-state index in [1.54, 1.807) is 7.11 Å². The molecule has 2 aromatic rings. The largest absolute Gasteiger partial charge is 0.469 e. The van der Waals surface area contributed by atoms with Crippen molar-refractivity contribution in [3.8, 4) is 0 Å². The molecule has 0 atom stereocenters. The van der Waals surface area contributed by atoms with E-state index < -0.39 is 5.97 Å². The van der Waals surface area contributed by atoms with Gasteiger partial charge in [0.05, 0.1) is 25.0 Å². The Morgan fingerprint density at radius 1 is 1.25 bits per heavy atom. The summed E-state index contributed by atoms with van der Waals surface area (Å²) in [7, 11) is 2.94. The van der Waals surface area contributed by atoms with Crippen LogP contribution < -0.4 is 5.56 Å². The summed E-state index contributed by atoms with van der Waals surface area (Å²) in [6.45, 7) is 5.35. The van der Waals surface area contributed by atoms with E-state index in [9.17, 15) is 14.4 Å². The maximum Gasteiger partial charge on any atom is 0.311 e. The average molecular weight is 407 g/mol. The van der Waals surface area contributed by atoms with Crippen molar-refractivity contribution in [2.75, 3.05) is 26.6 Å². The molecule has 8 nitrogen and oxygen atoms in total. The minimum Gasteiger partial charge on any atom is -0.469 e. The summed E-state index contributed by atoms with van der Waals surface area (Å²) < 4.78 is 11.8. The van der Waals surface area contributed by atoms with Crippen LogP contribution in [0.5, 0.6) is 0 Å². The van der Waals surface area contributed by atoms with Crippen molar-refractivity contribution in [2.24, 2.45) is 0 Å². The number of aryl methyl sites for hydroxylation is 1. The van der Waals surface area contributed by atoms with Crippen LogP contribution in [0.1, 0.15) is 33.9 Å². The number of aromatic nitrogens is 3. The predicted octanol–water partition coefficient (Wildman–Crippen LogP) is 1.92. The molecular formula is C19H25N3O5S. The number of esters is 1. The van der Waals surface area contributed by atoms with E-state index >= 15 is 0 Å². The van der Waals surface area contributed by atoms with Gasteiger partial charge in [0.1, 0.15) is 0 Å². The van der Waals surface area contributed by atoms with E-state index in [-0.39, 0.29) is 23.5 Å². The third-order valence-electron chi connectivity index (χ3n) is 4.27. The van der Waals surface area contributed by atoms with Gasteiger partial charge in [-0.05, 0) is 26.3 Å². The number of aromatic amines is 1. The topological polar surface area (TPSA) is 103 Å². The zero-order chi connectivity index (χ0) is 20.7. The lowest BCUT2D eigenvalue weighted by molar-refractivity contribution is -0.139. The molecule has 0 amide bonds. The van der Waals surface area contributed by atoms with E-state index in [4.69, 9.17) is 4.74 Å². The van der Waals surface area contributed by atoms with Crippen LogP contribution in [0.4, 0.5) is 0 Å². The molecule has 2 rings (SSSR count). The summed E-state index contributed by atoms with van der Waals surface area (Å²) in [5.74, 6) is -0.393. The molecular weight excluding hydrogens is 382 g/mol. The van der Waals surface area contributed by atoms with E-state index in [2.05, 4.69) is 19.3 Å². The number of nitrogens with zero attached hydrogens (tertiary/aromatic N) is 2. The minimum atomic E-state index is -0.481. The van der Waals surface area contributed by atoms with E-state index in [0.717, 1.165) is 36.1 Å². The number of carbonyl (C=O) groups excluding carboxylic acids is 2. The van der Waals surface area contributed by atoms with Crippen LogP contribution in [0.2, 0.25) is 0 Å². The van der Waals surface area contributed by atoms with Crippen molar-refractivity contribution in [3.63, 3.8) is 0 Å². The van der Waals surface area contributed by atoms with Gasteiger partial charge in [0, 0.05) is 43.3 Å².